The lowest BCUT2D eigenvalue weighted by atomic mass is 10.1. The number of rotatable bonds is 8. The minimum Gasteiger partial charge on any atom is -0.407 e. The number of hydrogen-bond acceptors (Lipinski definition) is 8. The van der Waals surface area contributed by atoms with E-state index in [0.29, 0.717) is 24.9 Å². The van der Waals surface area contributed by atoms with Gasteiger partial charge in [0.15, 0.2) is 5.75 Å². The largest absolute Gasteiger partial charge is 0.418 e. The average molecular weight is 537 g/mol. The number of pyridine rings is 1. The smallest absolute Gasteiger partial charge is 0.407 e. The molecule has 1 fully saturated rings. The van der Waals surface area contributed by atoms with E-state index < -0.39 is 46.6 Å². The summed E-state index contributed by atoms with van der Waals surface area (Å²) in [4.78, 5) is 36.4. The molecule has 38 heavy (non-hydrogen) atoms. The zero-order valence-corrected chi connectivity index (χ0v) is 19.6. The lowest BCUT2D eigenvalue weighted by Crippen LogP contribution is -2.49. The number of ether oxygens (including phenoxy) is 1. The van der Waals surface area contributed by atoms with E-state index in [-0.39, 0.29) is 23.7 Å². The molecule has 2 heterocycles. The Hall–Kier alpha value is -4.56. The number of benzene rings is 1. The van der Waals surface area contributed by atoms with Crippen LogP contribution in [0.4, 0.5) is 44.1 Å². The first-order valence-corrected chi connectivity index (χ1v) is 11.1. The summed E-state index contributed by atoms with van der Waals surface area (Å²) in [5, 5.41) is 9.83. The van der Waals surface area contributed by atoms with Crippen LogP contribution in [0.1, 0.15) is 24.1 Å². The molecule has 200 valence electrons. The van der Waals surface area contributed by atoms with Gasteiger partial charge >= 0.3 is 12.3 Å². The van der Waals surface area contributed by atoms with Gasteiger partial charge in [0.25, 0.3) is 0 Å². The Bertz CT molecular complexity index is 1350. The second-order valence-electron chi connectivity index (χ2n) is 8.21. The highest BCUT2D eigenvalue weighted by Crippen LogP contribution is 2.38. The van der Waals surface area contributed by atoms with Gasteiger partial charge in [-0.25, -0.2) is 23.5 Å². The standard InChI is InChI=1S/C23H20F5N7O3/c1-29-20-32-9-13(10-33-20)38-21(37)35-22(5-6-22)19(36)31-11-17-16(25)7-12(8-30-17)34-18-14(23(26,27)28)3-2-4-15(18)24/h2-4,7-10,34H,5-6,11H2,1H3,(H,31,36)(H,35,37)(H,29,32,33). The zero-order valence-electron chi connectivity index (χ0n) is 19.6. The van der Waals surface area contributed by atoms with E-state index >= 15 is 0 Å². The average Bonchev–Trinajstić information content (AvgIpc) is 3.64. The van der Waals surface area contributed by atoms with E-state index in [1.165, 1.54) is 12.4 Å². The molecule has 3 aromatic rings. The summed E-state index contributed by atoms with van der Waals surface area (Å²) >= 11 is 0. The topological polar surface area (TPSA) is 130 Å². The molecule has 1 aliphatic rings. The van der Waals surface area contributed by atoms with Gasteiger partial charge < -0.3 is 26.0 Å². The normalized spacial score (nSPS) is 13.8. The number of carbonyl (C=O) groups is 2. The Morgan fingerprint density at radius 3 is 2.37 bits per heavy atom. The quantitative estimate of drug-likeness (QED) is 0.319. The van der Waals surface area contributed by atoms with Gasteiger partial charge in [0, 0.05) is 13.1 Å². The van der Waals surface area contributed by atoms with Crippen LogP contribution in [0.3, 0.4) is 0 Å². The first-order chi connectivity index (χ1) is 18.0. The minimum absolute atomic E-state index is 0.0513. The molecule has 0 aliphatic heterocycles. The number of aromatic nitrogens is 3. The summed E-state index contributed by atoms with van der Waals surface area (Å²) < 4.78 is 73.3. The second-order valence-corrected chi connectivity index (χ2v) is 8.21. The lowest BCUT2D eigenvalue weighted by Gasteiger charge is -2.17. The molecular weight excluding hydrogens is 517 g/mol. The number of carbonyl (C=O) groups excluding carboxylic acids is 2. The molecule has 0 radical (unpaired) electrons. The Kier molecular flexibility index (Phi) is 7.28. The molecule has 0 bridgehead atoms. The highest BCUT2D eigenvalue weighted by molar-refractivity contribution is 5.93. The van der Waals surface area contributed by atoms with Crippen LogP contribution in [0, 0.1) is 11.6 Å². The molecule has 2 amide bonds. The molecule has 0 atom stereocenters. The number of halogens is 5. The van der Waals surface area contributed by atoms with Crippen molar-refractivity contribution in [3.05, 3.63) is 65.7 Å². The van der Waals surface area contributed by atoms with E-state index in [0.717, 1.165) is 24.4 Å². The Labute approximate surface area is 212 Å². The van der Waals surface area contributed by atoms with Crippen LogP contribution < -0.4 is 26.0 Å². The number of nitrogens with zero attached hydrogens (tertiary/aromatic N) is 3. The summed E-state index contributed by atoms with van der Waals surface area (Å²) in [6.45, 7) is -0.379. The maximum atomic E-state index is 14.6. The molecule has 2 aromatic heterocycles. The van der Waals surface area contributed by atoms with Gasteiger partial charge in [-0.05, 0) is 25.0 Å². The third-order valence-corrected chi connectivity index (χ3v) is 5.51. The van der Waals surface area contributed by atoms with E-state index in [1.807, 2.05) is 0 Å². The Balaban J connectivity index is 1.35. The fourth-order valence-electron chi connectivity index (χ4n) is 3.39. The molecule has 1 saturated carbocycles. The maximum Gasteiger partial charge on any atom is 0.418 e. The predicted octanol–water partition coefficient (Wildman–Crippen LogP) is 3.89. The molecule has 15 heteroatoms. The van der Waals surface area contributed by atoms with Crippen molar-refractivity contribution < 1.29 is 36.3 Å². The number of nitrogens with one attached hydrogen (secondary N) is 4. The van der Waals surface area contributed by atoms with Gasteiger partial charge in [-0.2, -0.15) is 13.2 Å². The Morgan fingerprint density at radius 2 is 1.76 bits per heavy atom. The van der Waals surface area contributed by atoms with Crippen LogP contribution in [0.2, 0.25) is 0 Å². The van der Waals surface area contributed by atoms with Crippen molar-refractivity contribution in [1.82, 2.24) is 25.6 Å². The molecular formula is C23H20F5N7O3. The highest BCUT2D eigenvalue weighted by Gasteiger charge is 2.51. The number of hydrogen-bond donors (Lipinski definition) is 4. The molecule has 0 saturated heterocycles. The first-order valence-electron chi connectivity index (χ1n) is 11.1. The van der Waals surface area contributed by atoms with Crippen LogP contribution in [0.25, 0.3) is 0 Å². The van der Waals surface area contributed by atoms with Crippen molar-refractivity contribution in [2.75, 3.05) is 17.7 Å². The van der Waals surface area contributed by atoms with E-state index in [1.54, 1.807) is 7.05 Å². The van der Waals surface area contributed by atoms with Crippen LogP contribution in [-0.2, 0) is 17.5 Å². The summed E-state index contributed by atoms with van der Waals surface area (Å²) in [5.41, 5.74) is -3.85. The summed E-state index contributed by atoms with van der Waals surface area (Å²) in [7, 11) is 1.61. The Morgan fingerprint density at radius 1 is 1.05 bits per heavy atom. The van der Waals surface area contributed by atoms with Gasteiger partial charge in [0.1, 0.15) is 17.2 Å². The summed E-state index contributed by atoms with van der Waals surface area (Å²) in [6, 6.07) is 3.25. The fraction of sp³-hybridized carbons (Fsp3) is 0.261. The van der Waals surface area contributed by atoms with E-state index in [4.69, 9.17) is 4.74 Å². The molecule has 0 unspecified atom stereocenters. The second kappa shape index (κ2) is 10.4. The SMILES string of the molecule is CNc1ncc(OC(=O)NC2(C(=O)NCc3ncc(Nc4c(F)cccc4C(F)(F)F)cc3F)CC2)cn1. The summed E-state index contributed by atoms with van der Waals surface area (Å²) in [5.74, 6) is -2.38. The van der Waals surface area contributed by atoms with Crippen molar-refractivity contribution in [3.63, 3.8) is 0 Å². The molecule has 10 nitrogen and oxygen atoms in total. The number of amides is 2. The number of para-hydroxylation sites is 1. The number of alkyl halides is 3. The van der Waals surface area contributed by atoms with E-state index in [9.17, 15) is 31.5 Å². The van der Waals surface area contributed by atoms with Crippen molar-refractivity contribution >= 4 is 29.3 Å². The van der Waals surface area contributed by atoms with Crippen LogP contribution in [0.15, 0.2) is 42.9 Å². The van der Waals surface area contributed by atoms with Crippen molar-refractivity contribution in [2.45, 2.75) is 31.1 Å². The van der Waals surface area contributed by atoms with Crippen LogP contribution >= 0.6 is 0 Å². The molecule has 4 N–H and O–H groups in total. The lowest BCUT2D eigenvalue weighted by molar-refractivity contribution is -0.137. The molecule has 4 rings (SSSR count). The maximum absolute atomic E-state index is 14.6. The minimum atomic E-state index is -4.84. The van der Waals surface area contributed by atoms with Gasteiger partial charge in [-0.3, -0.25) is 9.78 Å². The van der Waals surface area contributed by atoms with Crippen LogP contribution in [-0.4, -0.2) is 39.5 Å². The molecule has 1 aliphatic carbocycles. The highest BCUT2D eigenvalue weighted by atomic mass is 19.4. The van der Waals surface area contributed by atoms with Crippen molar-refractivity contribution in [1.29, 1.82) is 0 Å². The van der Waals surface area contributed by atoms with Crippen molar-refractivity contribution in [2.24, 2.45) is 0 Å². The molecule has 0 spiro atoms. The monoisotopic (exact) mass is 537 g/mol. The number of anilines is 3. The van der Waals surface area contributed by atoms with Gasteiger partial charge in [0.2, 0.25) is 11.9 Å². The van der Waals surface area contributed by atoms with Crippen LogP contribution in [0.5, 0.6) is 5.75 Å². The van der Waals surface area contributed by atoms with Gasteiger partial charge in [-0.15, -0.1) is 0 Å². The third-order valence-electron chi connectivity index (χ3n) is 5.51. The summed E-state index contributed by atoms with van der Waals surface area (Å²) in [6.07, 6.45) is -1.60. The molecule has 1 aromatic carbocycles. The predicted molar refractivity (Wildman–Crippen MR) is 123 cm³/mol. The first kappa shape index (κ1) is 26.5. The van der Waals surface area contributed by atoms with E-state index in [2.05, 4.69) is 36.2 Å². The zero-order chi connectivity index (χ0) is 27.5. The van der Waals surface area contributed by atoms with Gasteiger partial charge in [0.05, 0.1) is 47.8 Å². The van der Waals surface area contributed by atoms with Crippen molar-refractivity contribution in [3.8, 4) is 5.75 Å². The fourth-order valence-corrected chi connectivity index (χ4v) is 3.39. The van der Waals surface area contributed by atoms with Gasteiger partial charge in [-0.1, -0.05) is 6.07 Å². The third kappa shape index (κ3) is 6.04.